The Morgan fingerprint density at radius 2 is 1.12 bits per heavy atom. The first kappa shape index (κ1) is 21.1. The second-order valence-corrected chi connectivity index (χ2v) is 7.19. The van der Waals surface area contributed by atoms with Crippen molar-refractivity contribution in [2.75, 3.05) is 13.7 Å². The van der Waals surface area contributed by atoms with Crippen LogP contribution in [0, 0.1) is 0 Å². The number of benzene rings is 4. The van der Waals surface area contributed by atoms with Gasteiger partial charge in [0.2, 0.25) is 0 Å². The minimum Gasteiger partial charge on any atom is -0.481 e. The van der Waals surface area contributed by atoms with Crippen LogP contribution in [0.2, 0.25) is 0 Å². The summed E-state index contributed by atoms with van der Waals surface area (Å²) in [5.41, 5.74) is 4.37. The summed E-state index contributed by atoms with van der Waals surface area (Å²) in [5.74, 6) is -0.0376. The molecule has 4 heteroatoms. The third kappa shape index (κ3) is 4.60. The molecule has 0 spiro atoms. The summed E-state index contributed by atoms with van der Waals surface area (Å²) in [5, 5.41) is 0. The van der Waals surface area contributed by atoms with Crippen LogP contribution in [0.4, 0.5) is 0 Å². The molecule has 4 rings (SSSR count). The Balaban J connectivity index is 1.94. The van der Waals surface area contributed by atoms with E-state index in [2.05, 4.69) is 0 Å². The van der Waals surface area contributed by atoms with E-state index in [4.69, 9.17) is 9.47 Å². The topological polar surface area (TPSA) is 52.6 Å². The van der Waals surface area contributed by atoms with Gasteiger partial charge in [-0.05, 0) is 23.3 Å². The Labute approximate surface area is 187 Å². The molecule has 0 radical (unpaired) electrons. The molecule has 4 aromatic carbocycles. The van der Waals surface area contributed by atoms with Crippen molar-refractivity contribution in [1.29, 1.82) is 0 Å². The van der Waals surface area contributed by atoms with Crippen molar-refractivity contribution in [3.05, 3.63) is 114 Å². The van der Waals surface area contributed by atoms with Crippen LogP contribution in [0.3, 0.4) is 0 Å². The summed E-state index contributed by atoms with van der Waals surface area (Å²) in [7, 11) is 1.32. The Hall–Kier alpha value is -4.18. The van der Waals surface area contributed by atoms with E-state index in [9.17, 15) is 9.59 Å². The molecule has 0 aliphatic carbocycles. The summed E-state index contributed by atoms with van der Waals surface area (Å²) in [6, 6.07) is 32.2. The molecule has 0 amide bonds. The second-order valence-electron chi connectivity index (χ2n) is 7.19. The number of ether oxygens (including phenoxy) is 2. The minimum atomic E-state index is -0.479. The van der Waals surface area contributed by atoms with Gasteiger partial charge in [-0.25, -0.2) is 4.79 Å². The number of ketones is 1. The molecule has 158 valence electrons. The van der Waals surface area contributed by atoms with Crippen LogP contribution in [0.5, 0.6) is 5.75 Å². The molecule has 0 bridgehead atoms. The van der Waals surface area contributed by atoms with Crippen LogP contribution in [0.25, 0.3) is 22.3 Å². The molecule has 4 aromatic rings. The molecule has 0 fully saturated rings. The van der Waals surface area contributed by atoms with Crippen molar-refractivity contribution in [3.8, 4) is 28.0 Å². The summed E-state index contributed by atoms with van der Waals surface area (Å²) in [4.78, 5) is 25.2. The lowest BCUT2D eigenvalue weighted by Gasteiger charge is -2.18. The quantitative estimate of drug-likeness (QED) is 0.279. The number of hydrogen-bond acceptors (Lipinski definition) is 4. The van der Waals surface area contributed by atoms with E-state index >= 15 is 0 Å². The van der Waals surface area contributed by atoms with Crippen LogP contribution in [-0.2, 0) is 9.53 Å². The average Bonchev–Trinajstić information content (AvgIpc) is 2.88. The van der Waals surface area contributed by atoms with Crippen molar-refractivity contribution < 1.29 is 19.1 Å². The van der Waals surface area contributed by atoms with Gasteiger partial charge in [0.25, 0.3) is 0 Å². The van der Waals surface area contributed by atoms with Gasteiger partial charge in [-0.1, -0.05) is 91.0 Å². The van der Waals surface area contributed by atoms with E-state index in [0.717, 1.165) is 22.3 Å². The summed E-state index contributed by atoms with van der Waals surface area (Å²) >= 11 is 0. The standard InChI is InChI=1S/C28H22O4/c1-31-26(29)19-32-28-24(20-11-5-2-6-12-20)17-23(27(30)22-15-9-4-10-16-22)18-25(28)21-13-7-3-8-14-21/h2-18H,19H2,1H3. The Bertz CT molecular complexity index is 1160. The number of esters is 1. The first-order valence-electron chi connectivity index (χ1n) is 10.3. The highest BCUT2D eigenvalue weighted by Gasteiger charge is 2.20. The number of carbonyl (C=O) groups is 2. The van der Waals surface area contributed by atoms with Crippen LogP contribution in [0.1, 0.15) is 15.9 Å². The zero-order valence-electron chi connectivity index (χ0n) is 17.7. The maximum Gasteiger partial charge on any atom is 0.343 e. The first-order chi connectivity index (χ1) is 15.7. The van der Waals surface area contributed by atoms with E-state index in [-0.39, 0.29) is 12.4 Å². The van der Waals surface area contributed by atoms with E-state index in [1.807, 2.05) is 91.0 Å². The van der Waals surface area contributed by atoms with Gasteiger partial charge in [0.15, 0.2) is 12.4 Å². The largest absolute Gasteiger partial charge is 0.481 e. The smallest absolute Gasteiger partial charge is 0.343 e. The van der Waals surface area contributed by atoms with Gasteiger partial charge in [-0.2, -0.15) is 0 Å². The number of rotatable bonds is 7. The lowest BCUT2D eigenvalue weighted by atomic mass is 9.91. The van der Waals surface area contributed by atoms with E-state index in [1.54, 1.807) is 12.1 Å². The molecule has 0 atom stereocenters. The third-order valence-electron chi connectivity index (χ3n) is 5.12. The lowest BCUT2D eigenvalue weighted by Crippen LogP contribution is -2.14. The third-order valence-corrected chi connectivity index (χ3v) is 5.12. The van der Waals surface area contributed by atoms with Crippen molar-refractivity contribution in [1.82, 2.24) is 0 Å². The molecular formula is C28H22O4. The number of carbonyl (C=O) groups excluding carboxylic acids is 2. The van der Waals surface area contributed by atoms with Crippen molar-refractivity contribution in [2.45, 2.75) is 0 Å². The second kappa shape index (κ2) is 9.75. The molecule has 0 heterocycles. The molecule has 4 nitrogen and oxygen atoms in total. The SMILES string of the molecule is COC(=O)COc1c(-c2ccccc2)cc(C(=O)c2ccccc2)cc1-c1ccccc1. The Kier molecular flexibility index (Phi) is 6.42. The fraction of sp³-hybridized carbons (Fsp3) is 0.0714. The predicted octanol–water partition coefficient (Wildman–Crippen LogP) is 5.80. The lowest BCUT2D eigenvalue weighted by molar-refractivity contribution is -0.142. The van der Waals surface area contributed by atoms with Crippen molar-refractivity contribution >= 4 is 11.8 Å². The van der Waals surface area contributed by atoms with Crippen LogP contribution < -0.4 is 4.74 Å². The van der Waals surface area contributed by atoms with Crippen molar-refractivity contribution in [2.24, 2.45) is 0 Å². The zero-order chi connectivity index (χ0) is 22.3. The van der Waals surface area contributed by atoms with Crippen LogP contribution in [-0.4, -0.2) is 25.5 Å². The average molecular weight is 422 g/mol. The normalized spacial score (nSPS) is 10.4. The predicted molar refractivity (Wildman–Crippen MR) is 125 cm³/mol. The van der Waals surface area contributed by atoms with E-state index < -0.39 is 5.97 Å². The molecule has 0 aromatic heterocycles. The molecule has 32 heavy (non-hydrogen) atoms. The van der Waals surface area contributed by atoms with E-state index in [1.165, 1.54) is 7.11 Å². The fourth-order valence-electron chi connectivity index (χ4n) is 3.53. The maximum absolute atomic E-state index is 13.3. The molecule has 0 saturated heterocycles. The van der Waals surface area contributed by atoms with Gasteiger partial charge in [0.05, 0.1) is 7.11 Å². The van der Waals surface area contributed by atoms with Crippen LogP contribution >= 0.6 is 0 Å². The molecule has 0 aliphatic rings. The van der Waals surface area contributed by atoms with Gasteiger partial charge >= 0.3 is 5.97 Å². The van der Waals surface area contributed by atoms with Crippen LogP contribution in [0.15, 0.2) is 103 Å². The van der Waals surface area contributed by atoms with Gasteiger partial charge in [-0.3, -0.25) is 4.79 Å². The first-order valence-corrected chi connectivity index (χ1v) is 10.3. The molecule has 0 saturated carbocycles. The highest BCUT2D eigenvalue weighted by atomic mass is 16.6. The summed E-state index contributed by atoms with van der Waals surface area (Å²) in [6.45, 7) is -0.234. The van der Waals surface area contributed by atoms with Gasteiger partial charge in [-0.15, -0.1) is 0 Å². The van der Waals surface area contributed by atoms with Gasteiger partial charge in [0, 0.05) is 22.3 Å². The number of methoxy groups -OCH3 is 1. The molecular weight excluding hydrogens is 400 g/mol. The Morgan fingerprint density at radius 1 is 0.656 bits per heavy atom. The van der Waals surface area contributed by atoms with Crippen molar-refractivity contribution in [3.63, 3.8) is 0 Å². The minimum absolute atomic E-state index is 0.0838. The monoisotopic (exact) mass is 422 g/mol. The van der Waals surface area contributed by atoms with Gasteiger partial charge in [0.1, 0.15) is 5.75 Å². The van der Waals surface area contributed by atoms with Gasteiger partial charge < -0.3 is 9.47 Å². The molecule has 0 aliphatic heterocycles. The molecule has 0 unspecified atom stereocenters. The summed E-state index contributed by atoms with van der Waals surface area (Å²) < 4.78 is 10.7. The summed E-state index contributed by atoms with van der Waals surface area (Å²) in [6.07, 6.45) is 0. The Morgan fingerprint density at radius 3 is 1.59 bits per heavy atom. The highest BCUT2D eigenvalue weighted by Crippen LogP contribution is 2.40. The maximum atomic E-state index is 13.3. The van der Waals surface area contributed by atoms with E-state index in [0.29, 0.717) is 16.9 Å². The zero-order valence-corrected chi connectivity index (χ0v) is 17.7. The molecule has 0 N–H and O–H groups in total. The fourth-order valence-corrected chi connectivity index (χ4v) is 3.53. The number of hydrogen-bond donors (Lipinski definition) is 0. The highest BCUT2D eigenvalue weighted by molar-refractivity contribution is 6.10.